The van der Waals surface area contributed by atoms with E-state index in [4.69, 9.17) is 4.84 Å². The van der Waals surface area contributed by atoms with Gasteiger partial charge in [-0.1, -0.05) is 56.3 Å². The number of nitrogens with zero attached hydrogens (tertiary/aromatic N) is 1. The third kappa shape index (κ3) is 4.47. The van der Waals surface area contributed by atoms with E-state index in [9.17, 15) is 0 Å². The second-order valence-corrected chi connectivity index (χ2v) is 4.34. The Labute approximate surface area is 98.3 Å². The molecule has 0 unspecified atom stereocenters. The van der Waals surface area contributed by atoms with Gasteiger partial charge < -0.3 is 4.84 Å². The van der Waals surface area contributed by atoms with Crippen molar-refractivity contribution in [2.24, 2.45) is 11.1 Å². The van der Waals surface area contributed by atoms with Crippen LogP contribution in [0.15, 0.2) is 35.5 Å². The molecule has 0 fully saturated rings. The second kappa shape index (κ2) is 7.04. The van der Waals surface area contributed by atoms with Crippen molar-refractivity contribution in [3.05, 3.63) is 35.9 Å². The van der Waals surface area contributed by atoms with Crippen molar-refractivity contribution in [1.82, 2.24) is 0 Å². The van der Waals surface area contributed by atoms with E-state index in [1.807, 2.05) is 18.2 Å². The molecule has 1 aromatic rings. The fourth-order valence-electron chi connectivity index (χ4n) is 1.44. The summed E-state index contributed by atoms with van der Waals surface area (Å²) in [5, 5.41) is 4.24. The average Bonchev–Trinajstić information content (AvgIpc) is 2.29. The zero-order chi connectivity index (χ0) is 11.8. The minimum Gasteiger partial charge on any atom is -0.396 e. The Kier molecular flexibility index (Phi) is 5.62. The molecule has 1 aromatic carbocycles. The molecule has 0 aliphatic heterocycles. The van der Waals surface area contributed by atoms with E-state index in [1.54, 1.807) is 0 Å². The highest BCUT2D eigenvalue weighted by Gasteiger charge is 2.06. The van der Waals surface area contributed by atoms with Crippen molar-refractivity contribution >= 4 is 5.71 Å². The molecule has 0 amide bonds. The molecule has 2 nitrogen and oxygen atoms in total. The van der Waals surface area contributed by atoms with Gasteiger partial charge in [0, 0.05) is 0 Å². The van der Waals surface area contributed by atoms with Crippen LogP contribution in [0, 0.1) is 5.92 Å². The lowest BCUT2D eigenvalue weighted by molar-refractivity contribution is 0.144. The maximum Gasteiger partial charge on any atom is 0.116 e. The summed E-state index contributed by atoms with van der Waals surface area (Å²) < 4.78 is 0. The molecule has 1 rings (SSSR count). The first kappa shape index (κ1) is 12.8. The molecule has 0 aliphatic rings. The van der Waals surface area contributed by atoms with Crippen molar-refractivity contribution in [1.29, 1.82) is 0 Å². The Balaban J connectivity index is 2.75. The fourth-order valence-corrected chi connectivity index (χ4v) is 1.44. The standard InChI is InChI=1S/C14H21NO/c1-4-10-16-15-14(11-12(2)3)13-8-6-5-7-9-13/h5-9,12H,4,10-11H2,1-3H3/b15-14+. The summed E-state index contributed by atoms with van der Waals surface area (Å²) in [7, 11) is 0. The van der Waals surface area contributed by atoms with Crippen LogP contribution in [0.4, 0.5) is 0 Å². The highest BCUT2D eigenvalue weighted by atomic mass is 16.6. The summed E-state index contributed by atoms with van der Waals surface area (Å²) in [4.78, 5) is 5.29. The maximum absolute atomic E-state index is 5.29. The van der Waals surface area contributed by atoms with Gasteiger partial charge in [0.05, 0.1) is 5.71 Å². The van der Waals surface area contributed by atoms with Crippen LogP contribution in [-0.2, 0) is 4.84 Å². The van der Waals surface area contributed by atoms with Crippen LogP contribution in [0.5, 0.6) is 0 Å². The number of oxime groups is 1. The minimum atomic E-state index is 0.587. The van der Waals surface area contributed by atoms with E-state index < -0.39 is 0 Å². The molecule has 2 heteroatoms. The van der Waals surface area contributed by atoms with Crippen molar-refractivity contribution in [2.45, 2.75) is 33.6 Å². The fraction of sp³-hybridized carbons (Fsp3) is 0.500. The zero-order valence-corrected chi connectivity index (χ0v) is 10.4. The quantitative estimate of drug-likeness (QED) is 0.404. The molecule has 16 heavy (non-hydrogen) atoms. The minimum absolute atomic E-state index is 0.587. The number of benzene rings is 1. The van der Waals surface area contributed by atoms with Gasteiger partial charge in [0.15, 0.2) is 0 Å². The number of hydrogen-bond acceptors (Lipinski definition) is 2. The highest BCUT2D eigenvalue weighted by Crippen LogP contribution is 2.10. The van der Waals surface area contributed by atoms with E-state index >= 15 is 0 Å². The predicted octanol–water partition coefficient (Wildman–Crippen LogP) is 3.86. The Morgan fingerprint density at radius 2 is 1.94 bits per heavy atom. The number of rotatable bonds is 6. The van der Waals surface area contributed by atoms with E-state index in [0.29, 0.717) is 12.5 Å². The van der Waals surface area contributed by atoms with Crippen LogP contribution in [0.1, 0.15) is 39.2 Å². The molecule has 0 spiro atoms. The van der Waals surface area contributed by atoms with Crippen LogP contribution >= 0.6 is 0 Å². The predicted molar refractivity (Wildman–Crippen MR) is 68.7 cm³/mol. The zero-order valence-electron chi connectivity index (χ0n) is 10.4. The largest absolute Gasteiger partial charge is 0.396 e. The summed E-state index contributed by atoms with van der Waals surface area (Å²) in [5.41, 5.74) is 2.20. The van der Waals surface area contributed by atoms with Crippen LogP contribution in [0.25, 0.3) is 0 Å². The SMILES string of the molecule is CCCO/N=C(\CC(C)C)c1ccccc1. The van der Waals surface area contributed by atoms with Gasteiger partial charge in [-0.3, -0.25) is 0 Å². The lowest BCUT2D eigenvalue weighted by Gasteiger charge is -2.09. The van der Waals surface area contributed by atoms with Gasteiger partial charge in [-0.05, 0) is 24.3 Å². The molecule has 0 saturated carbocycles. The molecule has 0 bridgehead atoms. The average molecular weight is 219 g/mol. The third-order valence-electron chi connectivity index (χ3n) is 2.18. The number of hydrogen-bond donors (Lipinski definition) is 0. The van der Waals surface area contributed by atoms with Crippen molar-refractivity contribution < 1.29 is 4.84 Å². The van der Waals surface area contributed by atoms with E-state index in [2.05, 4.69) is 38.1 Å². The molecule has 0 N–H and O–H groups in total. The van der Waals surface area contributed by atoms with Crippen LogP contribution in [-0.4, -0.2) is 12.3 Å². The maximum atomic E-state index is 5.29. The van der Waals surface area contributed by atoms with Gasteiger partial charge in [0.2, 0.25) is 0 Å². The molecule has 0 radical (unpaired) electrons. The summed E-state index contributed by atoms with van der Waals surface area (Å²) in [6.45, 7) is 7.16. The monoisotopic (exact) mass is 219 g/mol. The van der Waals surface area contributed by atoms with Crippen molar-refractivity contribution in [3.63, 3.8) is 0 Å². The molecular formula is C14H21NO. The molecule has 0 aromatic heterocycles. The third-order valence-corrected chi connectivity index (χ3v) is 2.18. The molecule has 88 valence electrons. The molecule has 0 atom stereocenters. The topological polar surface area (TPSA) is 21.6 Å². The molecule has 0 aliphatic carbocycles. The molecule has 0 saturated heterocycles. The van der Waals surface area contributed by atoms with Crippen molar-refractivity contribution in [3.8, 4) is 0 Å². The van der Waals surface area contributed by atoms with Gasteiger partial charge in [-0.2, -0.15) is 0 Å². The van der Waals surface area contributed by atoms with Crippen molar-refractivity contribution in [2.75, 3.05) is 6.61 Å². The van der Waals surface area contributed by atoms with Gasteiger partial charge >= 0.3 is 0 Å². The van der Waals surface area contributed by atoms with Crippen LogP contribution < -0.4 is 0 Å². The Bertz CT molecular complexity index is 317. The van der Waals surface area contributed by atoms with E-state index in [0.717, 1.165) is 24.1 Å². The summed E-state index contributed by atoms with van der Waals surface area (Å²) in [6.07, 6.45) is 1.95. The summed E-state index contributed by atoms with van der Waals surface area (Å²) in [5.74, 6) is 0.587. The Hall–Kier alpha value is -1.31. The summed E-state index contributed by atoms with van der Waals surface area (Å²) in [6, 6.07) is 10.2. The first-order valence-electron chi connectivity index (χ1n) is 5.98. The van der Waals surface area contributed by atoms with Crippen LogP contribution in [0.3, 0.4) is 0 Å². The lowest BCUT2D eigenvalue weighted by Crippen LogP contribution is -2.06. The smallest absolute Gasteiger partial charge is 0.116 e. The molecule has 0 heterocycles. The first-order chi connectivity index (χ1) is 7.74. The second-order valence-electron chi connectivity index (χ2n) is 4.34. The molecular weight excluding hydrogens is 198 g/mol. The van der Waals surface area contributed by atoms with E-state index in [-0.39, 0.29) is 0 Å². The van der Waals surface area contributed by atoms with Gasteiger partial charge in [0.1, 0.15) is 6.61 Å². The van der Waals surface area contributed by atoms with Gasteiger partial charge in [-0.15, -0.1) is 0 Å². The Morgan fingerprint density at radius 3 is 2.50 bits per heavy atom. The Morgan fingerprint density at radius 1 is 1.25 bits per heavy atom. The van der Waals surface area contributed by atoms with Crippen LogP contribution in [0.2, 0.25) is 0 Å². The van der Waals surface area contributed by atoms with Gasteiger partial charge in [0.25, 0.3) is 0 Å². The lowest BCUT2D eigenvalue weighted by atomic mass is 10.0. The van der Waals surface area contributed by atoms with Gasteiger partial charge in [-0.25, -0.2) is 0 Å². The van der Waals surface area contributed by atoms with E-state index in [1.165, 1.54) is 0 Å². The summed E-state index contributed by atoms with van der Waals surface area (Å²) >= 11 is 0. The normalized spacial score (nSPS) is 11.9. The highest BCUT2D eigenvalue weighted by molar-refractivity contribution is 6.00. The first-order valence-corrected chi connectivity index (χ1v) is 5.98.